The molecule has 2 aromatic rings. The Kier molecular flexibility index (Phi) is 7.64. The third-order valence-electron chi connectivity index (χ3n) is 4.98. The summed E-state index contributed by atoms with van der Waals surface area (Å²) < 4.78 is 5.88. The van der Waals surface area contributed by atoms with Crippen LogP contribution in [0.3, 0.4) is 0 Å². The van der Waals surface area contributed by atoms with Crippen molar-refractivity contribution in [3.63, 3.8) is 0 Å². The van der Waals surface area contributed by atoms with Gasteiger partial charge >= 0.3 is 0 Å². The summed E-state index contributed by atoms with van der Waals surface area (Å²) in [5.41, 5.74) is 8.01. The van der Waals surface area contributed by atoms with Gasteiger partial charge < -0.3 is 10.5 Å². The fourth-order valence-electron chi connectivity index (χ4n) is 3.63. The van der Waals surface area contributed by atoms with E-state index >= 15 is 0 Å². The molecule has 1 saturated heterocycles. The second kappa shape index (κ2) is 9.72. The summed E-state index contributed by atoms with van der Waals surface area (Å²) in [6.45, 7) is 5.68. The lowest BCUT2D eigenvalue weighted by atomic mass is 9.89. The molecule has 26 heavy (non-hydrogen) atoms. The van der Waals surface area contributed by atoms with Gasteiger partial charge in [0.05, 0.1) is 5.56 Å². The molecule has 0 amide bonds. The highest BCUT2D eigenvalue weighted by Crippen LogP contribution is 2.31. The maximum absolute atomic E-state index is 11.7. The number of nitrogens with two attached hydrogens (primary N) is 1. The Morgan fingerprint density at radius 2 is 1.81 bits per heavy atom. The number of hydrogen-bond acceptors (Lipinski definition) is 4. The first kappa shape index (κ1) is 20.4. The molecule has 3 rings (SSSR count). The Labute approximate surface area is 161 Å². The first-order chi connectivity index (χ1) is 12.2. The molecule has 1 fully saturated rings. The lowest BCUT2D eigenvalue weighted by Crippen LogP contribution is -2.27. The van der Waals surface area contributed by atoms with Crippen molar-refractivity contribution in [3.8, 4) is 5.75 Å². The molecule has 2 atom stereocenters. The van der Waals surface area contributed by atoms with E-state index in [0.717, 1.165) is 19.6 Å². The molecule has 4 nitrogen and oxygen atoms in total. The highest BCUT2D eigenvalue weighted by atomic mass is 35.5. The van der Waals surface area contributed by atoms with Crippen LogP contribution in [0.25, 0.3) is 0 Å². The van der Waals surface area contributed by atoms with Crippen molar-refractivity contribution in [2.75, 3.05) is 32.8 Å². The third-order valence-corrected chi connectivity index (χ3v) is 4.98. The number of carbonyl (C=O) groups excluding carboxylic acids is 1. The van der Waals surface area contributed by atoms with Gasteiger partial charge in [-0.15, -0.1) is 12.4 Å². The summed E-state index contributed by atoms with van der Waals surface area (Å²) in [6.07, 6.45) is 0. The Morgan fingerprint density at radius 1 is 1.12 bits per heavy atom. The number of likely N-dealkylation sites (tertiary alicyclic amines) is 1. The molecule has 0 radical (unpaired) electrons. The molecule has 0 aliphatic carbocycles. The number of rotatable bonds is 7. The summed E-state index contributed by atoms with van der Waals surface area (Å²) in [4.78, 5) is 14.1. The number of Topliss-reactive ketones (excluding diaryl/α,β-unsaturated/α-hetero) is 1. The summed E-state index contributed by atoms with van der Waals surface area (Å²) >= 11 is 0. The number of carbonyl (C=O) groups is 1. The summed E-state index contributed by atoms with van der Waals surface area (Å²) in [5.74, 6) is 1.66. The van der Waals surface area contributed by atoms with Gasteiger partial charge in [-0.05, 0) is 37.1 Å². The van der Waals surface area contributed by atoms with E-state index in [2.05, 4.69) is 29.2 Å². The molecule has 1 heterocycles. The topological polar surface area (TPSA) is 55.6 Å². The largest absolute Gasteiger partial charge is 0.491 e. The molecule has 0 spiro atoms. The number of ketones is 1. The number of nitrogens with zero attached hydrogens (tertiary/aromatic N) is 1. The monoisotopic (exact) mass is 374 g/mol. The number of benzene rings is 2. The summed E-state index contributed by atoms with van der Waals surface area (Å²) in [5, 5.41) is 0. The van der Waals surface area contributed by atoms with Crippen LogP contribution >= 0.6 is 12.4 Å². The summed E-state index contributed by atoms with van der Waals surface area (Å²) in [6, 6.07) is 18.0. The second-order valence-electron chi connectivity index (χ2n) is 6.67. The fraction of sp³-hybridized carbons (Fsp3) is 0.381. The molecular weight excluding hydrogens is 348 g/mol. The van der Waals surface area contributed by atoms with Gasteiger partial charge in [0.15, 0.2) is 5.78 Å². The van der Waals surface area contributed by atoms with Crippen molar-refractivity contribution in [2.45, 2.75) is 12.8 Å². The zero-order valence-corrected chi connectivity index (χ0v) is 16.0. The molecule has 0 bridgehead atoms. The standard InChI is InChI=1S/C21H26N2O2.ClH/c1-16(24)19-9-5-6-10-21(19)25-12-11-23-14-18(13-22)20(15-23)17-7-3-2-4-8-17;/h2-10,18,20H,11-15,22H2,1H3;1H/t18-,20+;/m1./s1. The van der Waals surface area contributed by atoms with Crippen LogP contribution < -0.4 is 10.5 Å². The van der Waals surface area contributed by atoms with Gasteiger partial charge in [-0.1, -0.05) is 42.5 Å². The van der Waals surface area contributed by atoms with Crippen LogP contribution in [0.1, 0.15) is 28.8 Å². The maximum atomic E-state index is 11.7. The first-order valence-corrected chi connectivity index (χ1v) is 8.89. The van der Waals surface area contributed by atoms with Crippen LogP contribution in [-0.4, -0.2) is 43.5 Å². The highest BCUT2D eigenvalue weighted by Gasteiger charge is 2.32. The molecule has 1 aliphatic rings. The first-order valence-electron chi connectivity index (χ1n) is 8.89. The minimum atomic E-state index is 0. The van der Waals surface area contributed by atoms with Crippen LogP contribution in [0.4, 0.5) is 0 Å². The van der Waals surface area contributed by atoms with Crippen LogP contribution in [0.2, 0.25) is 0 Å². The number of ether oxygens (including phenoxy) is 1. The van der Waals surface area contributed by atoms with Gasteiger partial charge in [-0.2, -0.15) is 0 Å². The van der Waals surface area contributed by atoms with E-state index in [4.69, 9.17) is 10.5 Å². The molecule has 0 unspecified atom stereocenters. The van der Waals surface area contributed by atoms with E-state index < -0.39 is 0 Å². The molecule has 0 saturated carbocycles. The molecule has 2 aromatic carbocycles. The van der Waals surface area contributed by atoms with Gasteiger partial charge in [0.1, 0.15) is 12.4 Å². The van der Waals surface area contributed by atoms with Crippen LogP contribution in [0.15, 0.2) is 54.6 Å². The number of halogens is 1. The molecule has 1 aliphatic heterocycles. The van der Waals surface area contributed by atoms with E-state index in [9.17, 15) is 4.79 Å². The van der Waals surface area contributed by atoms with Gasteiger partial charge in [0.2, 0.25) is 0 Å². The van der Waals surface area contributed by atoms with Gasteiger partial charge in [0, 0.05) is 25.6 Å². The van der Waals surface area contributed by atoms with Gasteiger partial charge in [-0.25, -0.2) is 0 Å². The lowest BCUT2D eigenvalue weighted by Gasteiger charge is -2.17. The van der Waals surface area contributed by atoms with E-state index in [1.54, 1.807) is 6.92 Å². The van der Waals surface area contributed by atoms with Crippen LogP contribution in [0, 0.1) is 5.92 Å². The van der Waals surface area contributed by atoms with E-state index in [1.807, 2.05) is 30.3 Å². The zero-order valence-electron chi connectivity index (χ0n) is 15.1. The van der Waals surface area contributed by atoms with Crippen molar-refractivity contribution in [3.05, 3.63) is 65.7 Å². The molecule has 140 valence electrons. The lowest BCUT2D eigenvalue weighted by molar-refractivity contribution is 0.101. The van der Waals surface area contributed by atoms with Crippen LogP contribution in [0.5, 0.6) is 5.75 Å². The predicted octanol–water partition coefficient (Wildman–Crippen LogP) is 3.36. The Bertz CT molecular complexity index is 708. The quantitative estimate of drug-likeness (QED) is 0.755. The molecule has 2 N–H and O–H groups in total. The minimum absolute atomic E-state index is 0. The normalized spacial score (nSPS) is 19.8. The average Bonchev–Trinajstić information content (AvgIpc) is 3.06. The van der Waals surface area contributed by atoms with Crippen LogP contribution in [-0.2, 0) is 0 Å². The average molecular weight is 375 g/mol. The fourth-order valence-corrected chi connectivity index (χ4v) is 3.63. The van der Waals surface area contributed by atoms with Crippen molar-refractivity contribution in [1.82, 2.24) is 4.90 Å². The van der Waals surface area contributed by atoms with Crippen molar-refractivity contribution >= 4 is 18.2 Å². The van der Waals surface area contributed by atoms with Crippen molar-refractivity contribution < 1.29 is 9.53 Å². The number of para-hydroxylation sites is 1. The molecule has 5 heteroatoms. The van der Waals surface area contributed by atoms with Crippen molar-refractivity contribution in [2.24, 2.45) is 11.7 Å². The summed E-state index contributed by atoms with van der Waals surface area (Å²) in [7, 11) is 0. The van der Waals surface area contributed by atoms with E-state index in [1.165, 1.54) is 5.56 Å². The zero-order chi connectivity index (χ0) is 17.6. The van der Waals surface area contributed by atoms with Gasteiger partial charge in [-0.3, -0.25) is 9.69 Å². The molecular formula is C21H27ClN2O2. The van der Waals surface area contributed by atoms with E-state index in [-0.39, 0.29) is 18.2 Å². The molecule has 0 aromatic heterocycles. The predicted molar refractivity (Wildman–Crippen MR) is 107 cm³/mol. The highest BCUT2D eigenvalue weighted by molar-refractivity contribution is 5.96. The third kappa shape index (κ3) is 4.85. The second-order valence-corrected chi connectivity index (χ2v) is 6.67. The Morgan fingerprint density at radius 3 is 2.50 bits per heavy atom. The van der Waals surface area contributed by atoms with Crippen molar-refractivity contribution in [1.29, 1.82) is 0 Å². The number of hydrogen-bond donors (Lipinski definition) is 1. The maximum Gasteiger partial charge on any atom is 0.163 e. The van der Waals surface area contributed by atoms with Gasteiger partial charge in [0.25, 0.3) is 0 Å². The SMILES string of the molecule is CC(=O)c1ccccc1OCCN1C[C@@H](CN)[C@H](c2ccccc2)C1.Cl. The smallest absolute Gasteiger partial charge is 0.163 e. The minimum Gasteiger partial charge on any atom is -0.491 e. The van der Waals surface area contributed by atoms with E-state index in [0.29, 0.717) is 36.3 Å². The Hall–Kier alpha value is -1.88. The Balaban J connectivity index is 0.00000243.